The molecule has 0 aliphatic carbocycles. The first-order valence-corrected chi connectivity index (χ1v) is 6.47. The maximum absolute atomic E-state index is 13.5. The smallest absolute Gasteiger partial charge is 0.271 e. The van der Waals surface area contributed by atoms with E-state index in [0.717, 1.165) is 0 Å². The van der Waals surface area contributed by atoms with Crippen LogP contribution in [0.4, 0.5) is 15.8 Å². The standard InChI is InChI=1S/C14H12ClFN2O3/c15-11-7-9(18(20)21)5-6-13(11)17-8-14(19)10-3-1-2-4-12(10)16/h1-7,14,17,19H,8H2. The third kappa shape index (κ3) is 3.68. The number of non-ortho nitro benzene ring substituents is 1. The van der Waals surface area contributed by atoms with Gasteiger partial charge in [-0.2, -0.15) is 0 Å². The van der Waals surface area contributed by atoms with Crippen LogP contribution >= 0.6 is 11.6 Å². The Balaban J connectivity index is 2.06. The van der Waals surface area contributed by atoms with Gasteiger partial charge in [-0.1, -0.05) is 29.8 Å². The van der Waals surface area contributed by atoms with Gasteiger partial charge in [0.2, 0.25) is 0 Å². The number of nitrogens with zero attached hydrogens (tertiary/aromatic N) is 1. The van der Waals surface area contributed by atoms with Crippen molar-refractivity contribution in [1.29, 1.82) is 0 Å². The average Bonchev–Trinajstić information content (AvgIpc) is 2.46. The van der Waals surface area contributed by atoms with Crippen LogP contribution in [0, 0.1) is 15.9 Å². The van der Waals surface area contributed by atoms with Gasteiger partial charge in [-0.15, -0.1) is 0 Å². The van der Waals surface area contributed by atoms with E-state index in [1.54, 1.807) is 6.07 Å². The molecule has 0 aliphatic heterocycles. The molecule has 110 valence electrons. The summed E-state index contributed by atoms with van der Waals surface area (Å²) in [7, 11) is 0. The van der Waals surface area contributed by atoms with Crippen LogP contribution in [0.5, 0.6) is 0 Å². The summed E-state index contributed by atoms with van der Waals surface area (Å²) < 4.78 is 13.5. The predicted octanol–water partition coefficient (Wildman–Crippen LogP) is 3.53. The molecule has 0 fully saturated rings. The molecule has 21 heavy (non-hydrogen) atoms. The molecular formula is C14H12ClFN2O3. The van der Waals surface area contributed by atoms with Crippen LogP contribution in [0.15, 0.2) is 42.5 Å². The van der Waals surface area contributed by atoms with Crippen LogP contribution in [-0.4, -0.2) is 16.6 Å². The Bertz CT molecular complexity index is 666. The number of nitro groups is 1. The fourth-order valence-electron chi connectivity index (χ4n) is 1.82. The minimum atomic E-state index is -1.06. The lowest BCUT2D eigenvalue weighted by molar-refractivity contribution is -0.384. The molecule has 1 atom stereocenters. The van der Waals surface area contributed by atoms with E-state index in [2.05, 4.69) is 5.32 Å². The highest BCUT2D eigenvalue weighted by atomic mass is 35.5. The molecule has 1 unspecified atom stereocenters. The molecule has 0 saturated carbocycles. The highest BCUT2D eigenvalue weighted by Crippen LogP contribution is 2.27. The first-order chi connectivity index (χ1) is 9.99. The fraction of sp³-hybridized carbons (Fsp3) is 0.143. The zero-order chi connectivity index (χ0) is 15.4. The molecule has 2 rings (SSSR count). The SMILES string of the molecule is O=[N+]([O-])c1ccc(NCC(O)c2ccccc2F)c(Cl)c1. The van der Waals surface area contributed by atoms with Gasteiger partial charge in [0, 0.05) is 24.2 Å². The Morgan fingerprint density at radius 3 is 2.67 bits per heavy atom. The van der Waals surface area contributed by atoms with Crippen LogP contribution in [0.3, 0.4) is 0 Å². The molecule has 2 N–H and O–H groups in total. The number of aliphatic hydroxyl groups excluding tert-OH is 1. The number of aliphatic hydroxyl groups is 1. The Morgan fingerprint density at radius 1 is 1.33 bits per heavy atom. The van der Waals surface area contributed by atoms with E-state index < -0.39 is 16.8 Å². The third-order valence-corrected chi connectivity index (χ3v) is 3.23. The van der Waals surface area contributed by atoms with Crippen LogP contribution in [-0.2, 0) is 0 Å². The van der Waals surface area contributed by atoms with Crippen molar-refractivity contribution in [1.82, 2.24) is 0 Å². The van der Waals surface area contributed by atoms with Gasteiger partial charge in [0.25, 0.3) is 5.69 Å². The van der Waals surface area contributed by atoms with Crippen LogP contribution in [0.1, 0.15) is 11.7 Å². The van der Waals surface area contributed by atoms with E-state index in [4.69, 9.17) is 11.6 Å². The highest BCUT2D eigenvalue weighted by Gasteiger charge is 2.14. The Morgan fingerprint density at radius 2 is 2.05 bits per heavy atom. The summed E-state index contributed by atoms with van der Waals surface area (Å²) in [6.45, 7) is 0.0263. The number of nitrogens with one attached hydrogen (secondary N) is 1. The Hall–Kier alpha value is -2.18. The zero-order valence-electron chi connectivity index (χ0n) is 10.8. The number of hydrogen-bond acceptors (Lipinski definition) is 4. The minimum absolute atomic E-state index is 0.0263. The van der Waals surface area contributed by atoms with Crippen molar-refractivity contribution in [2.24, 2.45) is 0 Å². The van der Waals surface area contributed by atoms with Gasteiger partial charge in [-0.3, -0.25) is 10.1 Å². The van der Waals surface area contributed by atoms with Crippen molar-refractivity contribution < 1.29 is 14.4 Å². The van der Waals surface area contributed by atoms with Gasteiger partial charge in [0.15, 0.2) is 0 Å². The number of anilines is 1. The van der Waals surface area contributed by atoms with E-state index in [0.29, 0.717) is 5.69 Å². The maximum Gasteiger partial charge on any atom is 0.271 e. The largest absolute Gasteiger partial charge is 0.386 e. The second kappa shape index (κ2) is 6.51. The normalized spacial score (nSPS) is 12.0. The Labute approximate surface area is 125 Å². The second-order valence-corrected chi connectivity index (χ2v) is 4.75. The minimum Gasteiger partial charge on any atom is -0.386 e. The molecule has 2 aromatic carbocycles. The molecule has 0 amide bonds. The van der Waals surface area contributed by atoms with Crippen molar-refractivity contribution in [3.05, 3.63) is 69.0 Å². The molecule has 0 aliphatic rings. The number of rotatable bonds is 5. The third-order valence-electron chi connectivity index (χ3n) is 2.91. The summed E-state index contributed by atoms with van der Waals surface area (Å²) in [5.74, 6) is -0.499. The monoisotopic (exact) mass is 310 g/mol. The lowest BCUT2D eigenvalue weighted by Gasteiger charge is -2.14. The van der Waals surface area contributed by atoms with Crippen molar-refractivity contribution in [2.45, 2.75) is 6.10 Å². The van der Waals surface area contributed by atoms with Crippen molar-refractivity contribution >= 4 is 23.0 Å². The summed E-state index contributed by atoms with van der Waals surface area (Å²) in [4.78, 5) is 10.0. The topological polar surface area (TPSA) is 75.4 Å². The highest BCUT2D eigenvalue weighted by molar-refractivity contribution is 6.33. The molecule has 7 heteroatoms. The Kier molecular flexibility index (Phi) is 4.72. The molecular weight excluding hydrogens is 299 g/mol. The van der Waals surface area contributed by atoms with Gasteiger partial charge >= 0.3 is 0 Å². The fourth-order valence-corrected chi connectivity index (χ4v) is 2.06. The molecule has 5 nitrogen and oxygen atoms in total. The number of halogens is 2. The van der Waals surface area contributed by atoms with E-state index in [-0.39, 0.29) is 22.8 Å². The lowest BCUT2D eigenvalue weighted by atomic mass is 10.1. The number of benzene rings is 2. The van der Waals surface area contributed by atoms with Crippen molar-refractivity contribution in [2.75, 3.05) is 11.9 Å². The molecule has 2 aromatic rings. The van der Waals surface area contributed by atoms with Gasteiger partial charge < -0.3 is 10.4 Å². The van der Waals surface area contributed by atoms with E-state index >= 15 is 0 Å². The van der Waals surface area contributed by atoms with E-state index in [9.17, 15) is 19.6 Å². The molecule has 0 aromatic heterocycles. The average molecular weight is 311 g/mol. The van der Waals surface area contributed by atoms with Crippen molar-refractivity contribution in [3.63, 3.8) is 0 Å². The summed E-state index contributed by atoms with van der Waals surface area (Å²) >= 11 is 5.91. The quantitative estimate of drug-likeness (QED) is 0.654. The summed E-state index contributed by atoms with van der Waals surface area (Å²) in [6.07, 6.45) is -1.06. The van der Waals surface area contributed by atoms with Crippen LogP contribution in [0.25, 0.3) is 0 Å². The summed E-state index contributed by atoms with van der Waals surface area (Å²) in [5, 5.41) is 23.5. The summed E-state index contributed by atoms with van der Waals surface area (Å²) in [5.41, 5.74) is 0.473. The molecule has 0 spiro atoms. The number of nitro benzene ring substituents is 1. The lowest BCUT2D eigenvalue weighted by Crippen LogP contribution is -2.13. The molecule has 0 bridgehead atoms. The van der Waals surface area contributed by atoms with Gasteiger partial charge in [-0.05, 0) is 12.1 Å². The van der Waals surface area contributed by atoms with Crippen molar-refractivity contribution in [3.8, 4) is 0 Å². The number of hydrogen-bond donors (Lipinski definition) is 2. The second-order valence-electron chi connectivity index (χ2n) is 4.34. The predicted molar refractivity (Wildman–Crippen MR) is 78.0 cm³/mol. The molecule has 0 saturated heterocycles. The van der Waals surface area contributed by atoms with E-state index in [1.165, 1.54) is 36.4 Å². The first-order valence-electron chi connectivity index (χ1n) is 6.09. The first kappa shape index (κ1) is 15.2. The molecule has 0 heterocycles. The van der Waals surface area contributed by atoms with Crippen LogP contribution in [0.2, 0.25) is 5.02 Å². The van der Waals surface area contributed by atoms with E-state index in [1.807, 2.05) is 0 Å². The zero-order valence-corrected chi connectivity index (χ0v) is 11.5. The van der Waals surface area contributed by atoms with Gasteiger partial charge in [0.05, 0.1) is 21.7 Å². The van der Waals surface area contributed by atoms with Gasteiger partial charge in [-0.25, -0.2) is 4.39 Å². The molecule has 0 radical (unpaired) electrons. The summed E-state index contributed by atoms with van der Waals surface area (Å²) in [6, 6.07) is 9.85. The van der Waals surface area contributed by atoms with Crippen LogP contribution < -0.4 is 5.32 Å². The van der Waals surface area contributed by atoms with Gasteiger partial charge in [0.1, 0.15) is 5.82 Å². The maximum atomic E-state index is 13.5.